The van der Waals surface area contributed by atoms with Gasteiger partial charge in [0, 0.05) is 19.2 Å². The Morgan fingerprint density at radius 1 is 1.26 bits per heavy atom. The lowest BCUT2D eigenvalue weighted by Crippen LogP contribution is -2.48. The van der Waals surface area contributed by atoms with Crippen LogP contribution in [0.25, 0.3) is 11.0 Å². The average molecular weight is 322 g/mol. The molecule has 0 aliphatic rings. The maximum atomic E-state index is 11.5. The zero-order valence-corrected chi connectivity index (χ0v) is 12.5. The van der Waals surface area contributed by atoms with Gasteiger partial charge in [-0.2, -0.15) is 0 Å². The molecule has 23 heavy (non-hydrogen) atoms. The van der Waals surface area contributed by atoms with Crippen LogP contribution in [0.3, 0.4) is 0 Å². The fourth-order valence-electron chi connectivity index (χ4n) is 2.01. The molecule has 0 fully saturated rings. The molecule has 2 aromatic rings. The number of aliphatic carboxylic acids is 1. The van der Waals surface area contributed by atoms with Crippen LogP contribution in [0, 0.1) is 10.1 Å². The number of fused-ring (bicyclic) bond motifs is 1. The minimum atomic E-state index is -1.41. The molecule has 0 unspecified atom stereocenters. The Morgan fingerprint density at radius 3 is 2.35 bits per heavy atom. The molecule has 0 saturated heterocycles. The van der Waals surface area contributed by atoms with Gasteiger partial charge in [-0.25, -0.2) is 4.79 Å². The molecule has 1 aromatic heterocycles. The van der Waals surface area contributed by atoms with Crippen molar-refractivity contribution in [2.45, 2.75) is 19.4 Å². The topological polar surface area (TPSA) is 149 Å². The molecular formula is C13H14N4O6. The summed E-state index contributed by atoms with van der Waals surface area (Å²) < 4.78 is 0. The van der Waals surface area contributed by atoms with E-state index in [-0.39, 0.29) is 22.4 Å². The lowest BCUT2D eigenvalue weighted by Gasteiger charge is -2.33. The van der Waals surface area contributed by atoms with Crippen molar-refractivity contribution in [3.63, 3.8) is 0 Å². The summed E-state index contributed by atoms with van der Waals surface area (Å²) in [5, 5.41) is 20.4. The zero-order chi connectivity index (χ0) is 17.5. The van der Waals surface area contributed by atoms with E-state index in [0.29, 0.717) is 0 Å². The molecule has 3 N–H and O–H groups in total. The molecule has 0 atom stereocenters. The number of aromatic nitrogens is 2. The van der Waals surface area contributed by atoms with Crippen molar-refractivity contribution in [3.8, 4) is 0 Å². The second-order valence-corrected chi connectivity index (χ2v) is 5.48. The van der Waals surface area contributed by atoms with Crippen LogP contribution in [0.1, 0.15) is 13.8 Å². The Labute approximate surface area is 128 Å². The van der Waals surface area contributed by atoms with Crippen molar-refractivity contribution in [3.05, 3.63) is 43.0 Å². The summed E-state index contributed by atoms with van der Waals surface area (Å²) in [5.74, 6) is -1.16. The first-order valence-corrected chi connectivity index (χ1v) is 6.47. The number of hydrogen-bond donors (Lipinski definition) is 3. The predicted octanol–water partition coefficient (Wildman–Crippen LogP) is 0.424. The van der Waals surface area contributed by atoms with Crippen LogP contribution in [0.5, 0.6) is 0 Å². The number of nitrogens with one attached hydrogen (secondary N) is 2. The van der Waals surface area contributed by atoms with E-state index in [1.54, 1.807) is 0 Å². The van der Waals surface area contributed by atoms with Gasteiger partial charge < -0.3 is 20.0 Å². The normalized spacial score (nSPS) is 11.4. The second kappa shape index (κ2) is 5.23. The summed E-state index contributed by atoms with van der Waals surface area (Å²) in [6.07, 6.45) is 0. The standard InChI is InChI=1S/C13H14N4O6/c1-13(2,12(20)21)16(3)8-5-6(17(22)23)4-7-9(8)15-11(19)10(18)14-7/h4-5H,1-3H3,(H,14,18)(H,15,19)(H,20,21). The molecule has 10 nitrogen and oxygen atoms in total. The highest BCUT2D eigenvalue weighted by Crippen LogP contribution is 2.32. The number of carbonyl (C=O) groups is 1. The van der Waals surface area contributed by atoms with Crippen LogP contribution < -0.4 is 16.0 Å². The van der Waals surface area contributed by atoms with E-state index in [0.717, 1.165) is 12.1 Å². The van der Waals surface area contributed by atoms with Crippen molar-refractivity contribution in [2.75, 3.05) is 11.9 Å². The van der Waals surface area contributed by atoms with E-state index in [4.69, 9.17) is 0 Å². The largest absolute Gasteiger partial charge is 0.480 e. The summed E-state index contributed by atoms with van der Waals surface area (Å²) in [7, 11) is 1.43. The number of carboxylic acid groups (broad SMARTS) is 1. The summed E-state index contributed by atoms with van der Waals surface area (Å²) in [6.45, 7) is 2.81. The number of likely N-dealkylation sites (N-methyl/N-ethyl adjacent to an activating group) is 1. The monoisotopic (exact) mass is 322 g/mol. The minimum Gasteiger partial charge on any atom is -0.480 e. The molecule has 122 valence electrons. The van der Waals surface area contributed by atoms with E-state index in [1.807, 2.05) is 0 Å². The van der Waals surface area contributed by atoms with Gasteiger partial charge in [0.15, 0.2) is 0 Å². The molecule has 0 aliphatic carbocycles. The Hall–Kier alpha value is -3.17. The van der Waals surface area contributed by atoms with Gasteiger partial charge in [-0.15, -0.1) is 0 Å². The number of non-ortho nitro benzene ring substituents is 1. The van der Waals surface area contributed by atoms with Crippen molar-refractivity contribution in [2.24, 2.45) is 0 Å². The van der Waals surface area contributed by atoms with Crippen LogP contribution in [0.4, 0.5) is 11.4 Å². The number of nitro groups is 1. The summed E-state index contributed by atoms with van der Waals surface area (Å²) in [5.41, 5.74) is -3.39. The van der Waals surface area contributed by atoms with Crippen LogP contribution in [0.2, 0.25) is 0 Å². The molecule has 0 bridgehead atoms. The number of H-pyrrole nitrogens is 2. The SMILES string of the molecule is CN(c1cc([N+](=O)[O-])cc2[nH]c(=O)c(=O)[nH]c12)C(C)(C)C(=O)O. The molecule has 0 amide bonds. The molecule has 0 saturated carbocycles. The maximum absolute atomic E-state index is 11.5. The lowest BCUT2D eigenvalue weighted by molar-refractivity contribution is -0.384. The average Bonchev–Trinajstić information content (AvgIpc) is 2.46. The van der Waals surface area contributed by atoms with E-state index >= 15 is 0 Å². The number of nitro benzene ring substituents is 1. The number of carboxylic acids is 1. The summed E-state index contributed by atoms with van der Waals surface area (Å²) in [4.78, 5) is 50.6. The van der Waals surface area contributed by atoms with Crippen LogP contribution in [-0.2, 0) is 4.79 Å². The second-order valence-electron chi connectivity index (χ2n) is 5.48. The van der Waals surface area contributed by atoms with Gasteiger partial charge in [-0.1, -0.05) is 0 Å². The van der Waals surface area contributed by atoms with Gasteiger partial charge in [-0.3, -0.25) is 19.7 Å². The van der Waals surface area contributed by atoms with Crippen molar-refractivity contribution < 1.29 is 14.8 Å². The quantitative estimate of drug-likeness (QED) is 0.419. The molecule has 10 heteroatoms. The number of nitrogens with zero attached hydrogens (tertiary/aromatic N) is 2. The Morgan fingerprint density at radius 2 is 1.83 bits per heavy atom. The highest BCUT2D eigenvalue weighted by atomic mass is 16.6. The number of hydrogen-bond acceptors (Lipinski definition) is 6. The highest BCUT2D eigenvalue weighted by Gasteiger charge is 2.34. The summed E-state index contributed by atoms with van der Waals surface area (Å²) in [6, 6.07) is 2.24. The fraction of sp³-hybridized carbons (Fsp3) is 0.308. The van der Waals surface area contributed by atoms with Crippen LogP contribution >= 0.6 is 0 Å². The fourth-order valence-corrected chi connectivity index (χ4v) is 2.01. The predicted molar refractivity (Wildman–Crippen MR) is 82.0 cm³/mol. The third-order valence-corrected chi connectivity index (χ3v) is 3.73. The van der Waals surface area contributed by atoms with Crippen LogP contribution in [0.15, 0.2) is 21.7 Å². The zero-order valence-electron chi connectivity index (χ0n) is 12.5. The first-order valence-electron chi connectivity index (χ1n) is 6.47. The number of benzene rings is 1. The van der Waals surface area contributed by atoms with Gasteiger partial charge in [-0.05, 0) is 13.8 Å². The first kappa shape index (κ1) is 16.2. The van der Waals surface area contributed by atoms with Gasteiger partial charge in [0.2, 0.25) is 0 Å². The Bertz CT molecular complexity index is 926. The molecule has 0 radical (unpaired) electrons. The molecule has 0 aliphatic heterocycles. The van der Waals surface area contributed by atoms with Crippen LogP contribution in [-0.4, -0.2) is 38.6 Å². The third-order valence-electron chi connectivity index (χ3n) is 3.73. The third kappa shape index (κ3) is 2.65. The van der Waals surface area contributed by atoms with E-state index in [1.165, 1.54) is 25.8 Å². The van der Waals surface area contributed by atoms with E-state index in [2.05, 4.69) is 9.97 Å². The highest BCUT2D eigenvalue weighted by molar-refractivity contribution is 5.93. The molecule has 1 heterocycles. The van der Waals surface area contributed by atoms with Gasteiger partial charge in [0.1, 0.15) is 5.54 Å². The summed E-state index contributed by atoms with van der Waals surface area (Å²) >= 11 is 0. The molecule has 0 spiro atoms. The first-order chi connectivity index (χ1) is 10.6. The van der Waals surface area contributed by atoms with E-state index < -0.39 is 27.6 Å². The molecular weight excluding hydrogens is 308 g/mol. The van der Waals surface area contributed by atoms with Crippen molar-refractivity contribution in [1.82, 2.24) is 9.97 Å². The van der Waals surface area contributed by atoms with Gasteiger partial charge in [0.05, 0.1) is 21.6 Å². The number of rotatable bonds is 4. The Balaban J connectivity index is 2.87. The number of anilines is 1. The maximum Gasteiger partial charge on any atom is 0.328 e. The van der Waals surface area contributed by atoms with E-state index in [9.17, 15) is 29.6 Å². The van der Waals surface area contributed by atoms with Crippen molar-refractivity contribution >= 4 is 28.4 Å². The smallest absolute Gasteiger partial charge is 0.328 e. The Kier molecular flexibility index (Phi) is 3.69. The van der Waals surface area contributed by atoms with Gasteiger partial charge >= 0.3 is 17.1 Å². The van der Waals surface area contributed by atoms with Crippen molar-refractivity contribution in [1.29, 1.82) is 0 Å². The van der Waals surface area contributed by atoms with Gasteiger partial charge in [0.25, 0.3) is 5.69 Å². The molecule has 2 rings (SSSR count). The molecule has 1 aromatic carbocycles. The number of aromatic amines is 2. The lowest BCUT2D eigenvalue weighted by atomic mass is 10.0. The minimum absolute atomic E-state index is 0.0341.